The first-order chi connectivity index (χ1) is 13.6. The van der Waals surface area contributed by atoms with Crippen molar-refractivity contribution in [3.8, 4) is 5.69 Å². The molecule has 0 fully saturated rings. The molecule has 1 spiro atoms. The summed E-state index contributed by atoms with van der Waals surface area (Å²) in [4.78, 5) is 15.7. The van der Waals surface area contributed by atoms with Gasteiger partial charge in [-0.25, -0.2) is 0 Å². The number of likely N-dealkylation sites (N-methyl/N-ethyl adjacent to an activating group) is 1. The van der Waals surface area contributed by atoms with Gasteiger partial charge in [0.1, 0.15) is 0 Å². The Labute approximate surface area is 165 Å². The fourth-order valence-electron chi connectivity index (χ4n) is 5.31. The lowest BCUT2D eigenvalue weighted by molar-refractivity contribution is -0.123. The molecule has 0 radical (unpaired) electrons. The first kappa shape index (κ1) is 17.3. The Morgan fingerprint density at radius 1 is 1.00 bits per heavy atom. The van der Waals surface area contributed by atoms with Crippen LogP contribution in [0.15, 0.2) is 54.6 Å². The van der Waals surface area contributed by atoms with Crippen LogP contribution >= 0.6 is 0 Å². The van der Waals surface area contributed by atoms with Crippen LogP contribution < -0.4 is 10.2 Å². The van der Waals surface area contributed by atoms with Crippen molar-refractivity contribution in [2.24, 2.45) is 0 Å². The van der Waals surface area contributed by atoms with E-state index in [-0.39, 0.29) is 5.91 Å². The van der Waals surface area contributed by atoms with E-state index in [1.54, 1.807) is 0 Å². The third-order valence-corrected chi connectivity index (χ3v) is 6.41. The highest BCUT2D eigenvalue weighted by Crippen LogP contribution is 2.49. The van der Waals surface area contributed by atoms with E-state index < -0.39 is 5.54 Å². The Hall–Kier alpha value is -2.85. The molecule has 142 valence electrons. The van der Waals surface area contributed by atoms with Crippen LogP contribution in [0.1, 0.15) is 35.0 Å². The number of nitrogens with one attached hydrogen (secondary N) is 1. The number of aromatic nitrogens is 1. The molecule has 1 amide bonds. The maximum atomic E-state index is 13.8. The van der Waals surface area contributed by atoms with Crippen LogP contribution in [-0.2, 0) is 16.8 Å². The number of anilines is 1. The molecule has 2 aromatic carbocycles. The number of para-hydroxylation sites is 2. The van der Waals surface area contributed by atoms with Crippen molar-refractivity contribution in [2.45, 2.75) is 32.7 Å². The number of rotatable bonds is 2. The minimum absolute atomic E-state index is 0.144. The van der Waals surface area contributed by atoms with Gasteiger partial charge >= 0.3 is 0 Å². The zero-order valence-corrected chi connectivity index (χ0v) is 16.6. The summed E-state index contributed by atoms with van der Waals surface area (Å²) in [7, 11) is 0. The molecular weight excluding hydrogens is 346 g/mol. The predicted molar refractivity (Wildman–Crippen MR) is 112 cm³/mol. The fraction of sp³-hybridized carbons (Fsp3) is 0.292. The molecule has 0 saturated heterocycles. The number of nitrogens with zero attached hydrogens (tertiary/aromatic N) is 2. The molecule has 1 atom stereocenters. The first-order valence-electron chi connectivity index (χ1n) is 10.0. The zero-order valence-electron chi connectivity index (χ0n) is 16.6. The summed E-state index contributed by atoms with van der Waals surface area (Å²) in [6.07, 6.45) is 0.936. The Bertz CT molecular complexity index is 1080. The molecule has 4 nitrogen and oxygen atoms in total. The van der Waals surface area contributed by atoms with Crippen molar-refractivity contribution in [1.29, 1.82) is 0 Å². The second-order valence-electron chi connectivity index (χ2n) is 7.69. The highest BCUT2D eigenvalue weighted by Gasteiger charge is 2.55. The molecule has 2 aliphatic rings. The quantitative estimate of drug-likeness (QED) is 0.743. The van der Waals surface area contributed by atoms with E-state index in [1.165, 1.54) is 11.3 Å². The van der Waals surface area contributed by atoms with Crippen molar-refractivity contribution in [1.82, 2.24) is 9.88 Å². The van der Waals surface area contributed by atoms with E-state index in [2.05, 4.69) is 60.1 Å². The molecule has 1 N–H and O–H groups in total. The second kappa shape index (κ2) is 6.08. The monoisotopic (exact) mass is 371 g/mol. The Morgan fingerprint density at radius 2 is 1.71 bits per heavy atom. The van der Waals surface area contributed by atoms with Gasteiger partial charge in [0.2, 0.25) is 0 Å². The highest BCUT2D eigenvalue weighted by atomic mass is 16.2. The maximum Gasteiger partial charge on any atom is 0.256 e. The summed E-state index contributed by atoms with van der Waals surface area (Å²) < 4.78 is 2.31. The van der Waals surface area contributed by atoms with Gasteiger partial charge in [0, 0.05) is 47.0 Å². The third kappa shape index (κ3) is 2.01. The van der Waals surface area contributed by atoms with Crippen LogP contribution in [0.2, 0.25) is 0 Å². The molecule has 28 heavy (non-hydrogen) atoms. The van der Waals surface area contributed by atoms with Gasteiger partial charge < -0.3 is 9.47 Å². The van der Waals surface area contributed by atoms with Gasteiger partial charge in [0.25, 0.3) is 5.91 Å². The molecule has 0 unspecified atom stereocenters. The smallest absolute Gasteiger partial charge is 0.256 e. The van der Waals surface area contributed by atoms with E-state index in [9.17, 15) is 4.79 Å². The van der Waals surface area contributed by atoms with Gasteiger partial charge in [0.05, 0.1) is 0 Å². The summed E-state index contributed by atoms with van der Waals surface area (Å²) in [6.45, 7) is 7.85. The molecule has 3 heterocycles. The predicted octanol–water partition coefficient (Wildman–Crippen LogP) is 3.85. The number of hydrogen-bond acceptors (Lipinski definition) is 2. The Balaban J connectivity index is 1.83. The SMILES string of the molecule is CCN1C(=O)[C@]2(NCCc3c2c(C)n(-c2ccccc2)c3C)c2ccccc21. The van der Waals surface area contributed by atoms with Gasteiger partial charge in [-0.1, -0.05) is 36.4 Å². The van der Waals surface area contributed by atoms with Crippen molar-refractivity contribution >= 4 is 11.6 Å². The highest BCUT2D eigenvalue weighted by molar-refractivity contribution is 6.10. The summed E-state index contributed by atoms with van der Waals surface area (Å²) in [5, 5.41) is 3.65. The van der Waals surface area contributed by atoms with Crippen LogP contribution in [0, 0.1) is 13.8 Å². The average Bonchev–Trinajstić information content (AvgIpc) is 3.12. The number of fused-ring (bicyclic) bond motifs is 4. The lowest BCUT2D eigenvalue weighted by Gasteiger charge is -2.35. The molecular formula is C24H25N3O. The van der Waals surface area contributed by atoms with E-state index in [0.717, 1.165) is 41.2 Å². The van der Waals surface area contributed by atoms with Crippen molar-refractivity contribution < 1.29 is 4.79 Å². The van der Waals surface area contributed by atoms with Crippen molar-refractivity contribution in [3.63, 3.8) is 0 Å². The minimum Gasteiger partial charge on any atom is -0.318 e. The van der Waals surface area contributed by atoms with Crippen LogP contribution in [0.5, 0.6) is 0 Å². The Morgan fingerprint density at radius 3 is 2.46 bits per heavy atom. The van der Waals surface area contributed by atoms with Crippen molar-refractivity contribution in [2.75, 3.05) is 18.0 Å². The zero-order chi connectivity index (χ0) is 19.5. The average molecular weight is 371 g/mol. The van der Waals surface area contributed by atoms with Gasteiger partial charge in [-0.05, 0) is 51.0 Å². The normalized spacial score (nSPS) is 20.5. The number of hydrogen-bond donors (Lipinski definition) is 1. The first-order valence-corrected chi connectivity index (χ1v) is 10.0. The van der Waals surface area contributed by atoms with E-state index in [0.29, 0.717) is 6.54 Å². The van der Waals surface area contributed by atoms with E-state index in [4.69, 9.17) is 0 Å². The molecule has 0 bridgehead atoms. The summed E-state index contributed by atoms with van der Waals surface area (Å²) in [6, 6.07) is 18.7. The molecule has 5 rings (SSSR count). The van der Waals surface area contributed by atoms with Crippen LogP contribution in [0.3, 0.4) is 0 Å². The summed E-state index contributed by atoms with van der Waals surface area (Å²) in [5.74, 6) is 0.144. The van der Waals surface area contributed by atoms with Crippen LogP contribution in [-0.4, -0.2) is 23.6 Å². The van der Waals surface area contributed by atoms with Crippen LogP contribution in [0.25, 0.3) is 5.69 Å². The minimum atomic E-state index is -0.783. The largest absolute Gasteiger partial charge is 0.318 e. The summed E-state index contributed by atoms with van der Waals surface area (Å²) >= 11 is 0. The molecule has 3 aromatic rings. The van der Waals surface area contributed by atoms with Gasteiger partial charge in [-0.2, -0.15) is 0 Å². The summed E-state index contributed by atoms with van der Waals surface area (Å²) in [5.41, 5.74) is 7.31. The number of benzene rings is 2. The van der Waals surface area contributed by atoms with Gasteiger partial charge in [-0.3, -0.25) is 10.1 Å². The molecule has 4 heteroatoms. The molecule has 0 saturated carbocycles. The second-order valence-corrected chi connectivity index (χ2v) is 7.69. The molecule has 1 aromatic heterocycles. The van der Waals surface area contributed by atoms with Gasteiger partial charge in [-0.15, -0.1) is 0 Å². The third-order valence-electron chi connectivity index (χ3n) is 6.41. The van der Waals surface area contributed by atoms with Crippen molar-refractivity contribution in [3.05, 3.63) is 82.7 Å². The number of carbonyl (C=O) groups excluding carboxylic acids is 1. The molecule has 0 aliphatic carbocycles. The number of amides is 1. The van der Waals surface area contributed by atoms with Gasteiger partial charge in [0.15, 0.2) is 5.54 Å². The van der Waals surface area contributed by atoms with E-state index >= 15 is 0 Å². The van der Waals surface area contributed by atoms with Crippen LogP contribution in [0.4, 0.5) is 5.69 Å². The number of carbonyl (C=O) groups is 1. The standard InChI is InChI=1S/C24H25N3O/c1-4-26-21-13-9-8-12-20(21)24(23(26)28)22-17(3)27(18-10-6-5-7-11-18)16(2)19(22)14-15-25-24/h5-13,25H,4,14-15H2,1-3H3/t24-/m0/s1. The Kier molecular flexibility index (Phi) is 3.75. The molecule has 2 aliphatic heterocycles. The van der Waals surface area contributed by atoms with E-state index in [1.807, 2.05) is 30.0 Å². The lowest BCUT2D eigenvalue weighted by atomic mass is 9.78. The maximum absolute atomic E-state index is 13.8. The lowest BCUT2D eigenvalue weighted by Crippen LogP contribution is -2.55. The fourth-order valence-corrected chi connectivity index (χ4v) is 5.31. The topological polar surface area (TPSA) is 37.3 Å².